The van der Waals surface area contributed by atoms with E-state index in [9.17, 15) is 0 Å². The molecule has 0 N–H and O–H groups in total. The van der Waals surface area contributed by atoms with Crippen molar-refractivity contribution < 1.29 is 4.74 Å². The molecule has 2 aliphatic rings. The zero-order chi connectivity index (χ0) is 17.6. The Labute approximate surface area is 181 Å². The van der Waals surface area contributed by atoms with Gasteiger partial charge >= 0.3 is 0 Å². The van der Waals surface area contributed by atoms with Crippen molar-refractivity contribution in [1.29, 1.82) is 0 Å². The highest BCUT2D eigenvalue weighted by atomic mass is 35.5. The molecule has 4 rings (SSSR count). The Hall–Kier alpha value is -1.42. The molecule has 0 aromatic heterocycles. The highest BCUT2D eigenvalue weighted by molar-refractivity contribution is 5.85. The van der Waals surface area contributed by atoms with Crippen molar-refractivity contribution >= 4 is 30.5 Å². The number of piperazine rings is 1. The van der Waals surface area contributed by atoms with E-state index in [1.807, 2.05) is 0 Å². The molecule has 3 nitrogen and oxygen atoms in total. The van der Waals surface area contributed by atoms with E-state index in [-0.39, 0.29) is 24.8 Å². The third kappa shape index (κ3) is 6.04. The van der Waals surface area contributed by atoms with Gasteiger partial charge in [-0.1, -0.05) is 24.3 Å². The first kappa shape index (κ1) is 22.9. The molecule has 5 heteroatoms. The van der Waals surface area contributed by atoms with Crippen molar-refractivity contribution in [2.75, 3.05) is 44.2 Å². The van der Waals surface area contributed by atoms with Gasteiger partial charge in [-0.15, -0.1) is 24.8 Å². The van der Waals surface area contributed by atoms with E-state index in [0.29, 0.717) is 0 Å². The van der Waals surface area contributed by atoms with Gasteiger partial charge in [0.05, 0.1) is 6.61 Å². The van der Waals surface area contributed by atoms with Crippen LogP contribution in [0.5, 0.6) is 5.75 Å². The fourth-order valence-corrected chi connectivity index (χ4v) is 4.13. The average molecular weight is 423 g/mol. The van der Waals surface area contributed by atoms with E-state index in [4.69, 9.17) is 4.74 Å². The van der Waals surface area contributed by atoms with Gasteiger partial charge in [0.15, 0.2) is 0 Å². The number of unbranched alkanes of at least 4 members (excludes halogenated alkanes) is 1. The van der Waals surface area contributed by atoms with E-state index in [1.165, 1.54) is 62.1 Å². The summed E-state index contributed by atoms with van der Waals surface area (Å²) in [5, 5.41) is 0. The number of fused-ring (bicyclic) bond motifs is 1. The highest BCUT2D eigenvalue weighted by Crippen LogP contribution is 2.26. The minimum atomic E-state index is 0. The van der Waals surface area contributed by atoms with Gasteiger partial charge < -0.3 is 9.64 Å². The molecule has 1 aliphatic carbocycles. The third-order valence-electron chi connectivity index (χ3n) is 5.70. The van der Waals surface area contributed by atoms with E-state index < -0.39 is 0 Å². The summed E-state index contributed by atoms with van der Waals surface area (Å²) in [7, 11) is 0. The monoisotopic (exact) mass is 422 g/mol. The molecule has 0 amide bonds. The lowest BCUT2D eigenvalue weighted by Crippen LogP contribution is -2.46. The minimum Gasteiger partial charge on any atom is -0.494 e. The van der Waals surface area contributed by atoms with Gasteiger partial charge in [-0.05, 0) is 74.0 Å². The first-order chi connectivity index (χ1) is 12.9. The van der Waals surface area contributed by atoms with Crippen molar-refractivity contribution in [2.45, 2.75) is 32.1 Å². The molecule has 28 heavy (non-hydrogen) atoms. The zero-order valence-electron chi connectivity index (χ0n) is 16.5. The number of halogens is 2. The zero-order valence-corrected chi connectivity index (χ0v) is 18.1. The molecule has 2 aromatic carbocycles. The van der Waals surface area contributed by atoms with E-state index in [2.05, 4.69) is 58.3 Å². The Kier molecular flexibility index (Phi) is 9.43. The number of rotatable bonds is 7. The van der Waals surface area contributed by atoms with Crippen LogP contribution in [0.25, 0.3) is 0 Å². The molecule has 0 saturated carbocycles. The molecular weight excluding hydrogens is 391 g/mol. The van der Waals surface area contributed by atoms with E-state index in [1.54, 1.807) is 0 Å². The van der Waals surface area contributed by atoms with Crippen molar-refractivity contribution in [3.8, 4) is 5.75 Å². The fraction of sp³-hybridized carbons (Fsp3) is 0.478. The third-order valence-corrected chi connectivity index (χ3v) is 5.70. The average Bonchev–Trinajstić information content (AvgIpc) is 3.17. The SMILES string of the molecule is Cl.Cl.c1ccc(N2CCN(CCCCOc3ccc4c(c3)CCC4)CC2)cc1. The molecule has 0 unspecified atom stereocenters. The summed E-state index contributed by atoms with van der Waals surface area (Å²) >= 11 is 0. The second-order valence-electron chi connectivity index (χ2n) is 7.50. The predicted molar refractivity (Wildman–Crippen MR) is 123 cm³/mol. The maximum Gasteiger partial charge on any atom is 0.119 e. The molecule has 1 saturated heterocycles. The Morgan fingerprint density at radius 1 is 0.786 bits per heavy atom. The van der Waals surface area contributed by atoms with Gasteiger partial charge in [-0.2, -0.15) is 0 Å². The van der Waals surface area contributed by atoms with Crippen LogP contribution in [-0.4, -0.2) is 44.2 Å². The minimum absolute atomic E-state index is 0. The normalized spacial score (nSPS) is 16.1. The lowest BCUT2D eigenvalue weighted by Gasteiger charge is -2.36. The summed E-state index contributed by atoms with van der Waals surface area (Å²) in [5.41, 5.74) is 4.38. The van der Waals surface area contributed by atoms with Gasteiger partial charge in [0.1, 0.15) is 5.75 Å². The van der Waals surface area contributed by atoms with Gasteiger partial charge in [0.25, 0.3) is 0 Å². The smallest absolute Gasteiger partial charge is 0.119 e. The van der Waals surface area contributed by atoms with Crippen LogP contribution in [0, 0.1) is 0 Å². The van der Waals surface area contributed by atoms with Crippen LogP contribution in [0.2, 0.25) is 0 Å². The molecule has 0 radical (unpaired) electrons. The van der Waals surface area contributed by atoms with Crippen molar-refractivity contribution in [3.05, 3.63) is 59.7 Å². The van der Waals surface area contributed by atoms with Crippen LogP contribution in [0.3, 0.4) is 0 Å². The number of anilines is 1. The number of aryl methyl sites for hydroxylation is 2. The number of ether oxygens (including phenoxy) is 1. The van der Waals surface area contributed by atoms with Crippen molar-refractivity contribution in [3.63, 3.8) is 0 Å². The topological polar surface area (TPSA) is 15.7 Å². The number of nitrogens with zero attached hydrogens (tertiary/aromatic N) is 2. The highest BCUT2D eigenvalue weighted by Gasteiger charge is 2.16. The molecule has 0 spiro atoms. The maximum atomic E-state index is 5.97. The molecular formula is C23H32Cl2N2O. The quantitative estimate of drug-likeness (QED) is 0.583. The van der Waals surface area contributed by atoms with Crippen LogP contribution < -0.4 is 9.64 Å². The second-order valence-corrected chi connectivity index (χ2v) is 7.50. The summed E-state index contributed by atoms with van der Waals surface area (Å²) in [4.78, 5) is 5.09. The van der Waals surface area contributed by atoms with Crippen LogP contribution in [0.4, 0.5) is 5.69 Å². The molecule has 2 aromatic rings. The Morgan fingerprint density at radius 2 is 1.54 bits per heavy atom. The van der Waals surface area contributed by atoms with Crippen molar-refractivity contribution in [2.24, 2.45) is 0 Å². The van der Waals surface area contributed by atoms with E-state index >= 15 is 0 Å². The largest absolute Gasteiger partial charge is 0.494 e. The van der Waals surface area contributed by atoms with Crippen LogP contribution in [0.15, 0.2) is 48.5 Å². The number of para-hydroxylation sites is 1. The molecule has 0 atom stereocenters. The van der Waals surface area contributed by atoms with Gasteiger partial charge in [-0.25, -0.2) is 0 Å². The summed E-state index contributed by atoms with van der Waals surface area (Å²) in [5.74, 6) is 1.06. The molecule has 1 heterocycles. The van der Waals surface area contributed by atoms with Crippen LogP contribution in [-0.2, 0) is 12.8 Å². The van der Waals surface area contributed by atoms with Crippen molar-refractivity contribution in [1.82, 2.24) is 4.90 Å². The number of hydrogen-bond acceptors (Lipinski definition) is 3. The van der Waals surface area contributed by atoms with Gasteiger partial charge in [0, 0.05) is 31.9 Å². The summed E-state index contributed by atoms with van der Waals surface area (Å²) in [6, 6.07) is 17.4. The fourth-order valence-electron chi connectivity index (χ4n) is 4.13. The molecule has 1 aliphatic heterocycles. The maximum absolute atomic E-state index is 5.97. The van der Waals surface area contributed by atoms with Gasteiger partial charge in [-0.3, -0.25) is 4.90 Å². The Morgan fingerprint density at radius 3 is 2.32 bits per heavy atom. The first-order valence-corrected chi connectivity index (χ1v) is 10.2. The lowest BCUT2D eigenvalue weighted by atomic mass is 10.1. The lowest BCUT2D eigenvalue weighted by molar-refractivity contribution is 0.238. The van der Waals surface area contributed by atoms with Crippen LogP contribution in [0.1, 0.15) is 30.4 Å². The summed E-state index contributed by atoms with van der Waals surface area (Å²) in [6.07, 6.45) is 6.12. The van der Waals surface area contributed by atoms with Crippen LogP contribution >= 0.6 is 24.8 Å². The molecule has 1 fully saturated rings. The Balaban J connectivity index is 0.00000140. The molecule has 154 valence electrons. The number of hydrogen-bond donors (Lipinski definition) is 0. The predicted octanol–water partition coefficient (Wildman–Crippen LogP) is 5.00. The summed E-state index contributed by atoms with van der Waals surface area (Å²) in [6.45, 7) is 6.63. The Bertz CT molecular complexity index is 703. The standard InChI is InChI=1S/C23H30N2O.2ClH/c1-2-9-22(10-3-1)25-16-14-24(15-17-25)13-4-5-18-26-23-12-11-20-7-6-8-21(20)19-23;;/h1-3,9-12,19H,4-8,13-18H2;2*1H. The van der Waals surface area contributed by atoms with Gasteiger partial charge in [0.2, 0.25) is 0 Å². The summed E-state index contributed by atoms with van der Waals surface area (Å²) < 4.78 is 5.97. The second kappa shape index (κ2) is 11.5. The number of benzene rings is 2. The molecule has 0 bridgehead atoms. The first-order valence-electron chi connectivity index (χ1n) is 10.2. The van der Waals surface area contributed by atoms with E-state index in [0.717, 1.165) is 31.9 Å².